The van der Waals surface area contributed by atoms with E-state index in [9.17, 15) is 4.79 Å². The van der Waals surface area contributed by atoms with Gasteiger partial charge in [0.25, 0.3) is 0 Å². The molecule has 1 amide bonds. The minimum Gasteiger partial charge on any atom is -0.349 e. The lowest BCUT2D eigenvalue weighted by molar-refractivity contribution is -0.122. The topological polar surface area (TPSA) is 54.0 Å². The van der Waals surface area contributed by atoms with Gasteiger partial charge < -0.3 is 10.6 Å². The second-order valence-corrected chi connectivity index (χ2v) is 4.27. The molecule has 1 saturated heterocycles. The Hall–Kier alpha value is -1.13. The summed E-state index contributed by atoms with van der Waals surface area (Å²) < 4.78 is 0. The number of hydrogen-bond acceptors (Lipinski definition) is 3. The SMILES string of the molecule is O=C(NCc1ccc(Cl)cn1)[C@H]1CCCN1. The van der Waals surface area contributed by atoms with Crippen molar-refractivity contribution in [2.45, 2.75) is 25.4 Å². The molecule has 0 aromatic carbocycles. The van der Waals surface area contributed by atoms with Gasteiger partial charge in [0.2, 0.25) is 5.91 Å². The Morgan fingerprint density at radius 1 is 1.62 bits per heavy atom. The monoisotopic (exact) mass is 239 g/mol. The summed E-state index contributed by atoms with van der Waals surface area (Å²) in [5, 5.41) is 6.61. The molecular weight excluding hydrogens is 226 g/mol. The van der Waals surface area contributed by atoms with Crippen LogP contribution in [-0.2, 0) is 11.3 Å². The maximum Gasteiger partial charge on any atom is 0.237 e. The van der Waals surface area contributed by atoms with Crippen LogP contribution in [0.1, 0.15) is 18.5 Å². The molecule has 4 nitrogen and oxygen atoms in total. The molecule has 0 spiro atoms. The van der Waals surface area contributed by atoms with E-state index in [1.54, 1.807) is 12.3 Å². The van der Waals surface area contributed by atoms with Crippen molar-refractivity contribution < 1.29 is 4.79 Å². The molecule has 1 aromatic rings. The van der Waals surface area contributed by atoms with Crippen molar-refractivity contribution in [1.29, 1.82) is 0 Å². The maximum atomic E-state index is 11.7. The first kappa shape index (κ1) is 11.4. The second kappa shape index (κ2) is 5.27. The predicted octanol–water partition coefficient (Wildman–Crippen LogP) is 1.10. The van der Waals surface area contributed by atoms with Gasteiger partial charge in [-0.15, -0.1) is 0 Å². The highest BCUT2D eigenvalue weighted by Crippen LogP contribution is 2.07. The number of halogens is 1. The van der Waals surface area contributed by atoms with Crippen molar-refractivity contribution in [3.63, 3.8) is 0 Å². The van der Waals surface area contributed by atoms with Gasteiger partial charge in [-0.1, -0.05) is 11.6 Å². The number of nitrogens with one attached hydrogen (secondary N) is 2. The minimum absolute atomic E-state index is 0.0349. The van der Waals surface area contributed by atoms with Crippen molar-refractivity contribution in [3.05, 3.63) is 29.0 Å². The molecule has 2 rings (SSSR count). The van der Waals surface area contributed by atoms with E-state index >= 15 is 0 Å². The van der Waals surface area contributed by atoms with Crippen LogP contribution < -0.4 is 10.6 Å². The number of rotatable bonds is 3. The van der Waals surface area contributed by atoms with E-state index in [2.05, 4.69) is 15.6 Å². The molecule has 1 aromatic heterocycles. The number of amides is 1. The normalized spacial score (nSPS) is 19.7. The summed E-state index contributed by atoms with van der Waals surface area (Å²) in [7, 11) is 0. The zero-order valence-corrected chi connectivity index (χ0v) is 9.63. The largest absolute Gasteiger partial charge is 0.349 e. The lowest BCUT2D eigenvalue weighted by Crippen LogP contribution is -2.40. The first-order chi connectivity index (χ1) is 7.75. The van der Waals surface area contributed by atoms with E-state index in [4.69, 9.17) is 11.6 Å². The van der Waals surface area contributed by atoms with Crippen LogP contribution in [0.2, 0.25) is 5.02 Å². The number of carbonyl (C=O) groups is 1. The molecule has 0 radical (unpaired) electrons. The Bertz CT molecular complexity index is 360. The zero-order chi connectivity index (χ0) is 11.4. The van der Waals surface area contributed by atoms with Crippen LogP contribution in [0, 0.1) is 0 Å². The number of pyridine rings is 1. The van der Waals surface area contributed by atoms with E-state index in [-0.39, 0.29) is 11.9 Å². The summed E-state index contributed by atoms with van der Waals surface area (Å²) in [6.07, 6.45) is 3.56. The van der Waals surface area contributed by atoms with Crippen LogP contribution >= 0.6 is 11.6 Å². The van der Waals surface area contributed by atoms with Gasteiger partial charge in [0.15, 0.2) is 0 Å². The van der Waals surface area contributed by atoms with Crippen molar-refractivity contribution in [3.8, 4) is 0 Å². The molecule has 1 aliphatic rings. The lowest BCUT2D eigenvalue weighted by Gasteiger charge is -2.10. The van der Waals surface area contributed by atoms with Gasteiger partial charge in [0, 0.05) is 6.20 Å². The summed E-state index contributed by atoms with van der Waals surface area (Å²) in [6.45, 7) is 1.38. The van der Waals surface area contributed by atoms with Gasteiger partial charge in [-0.05, 0) is 31.5 Å². The molecule has 1 aliphatic heterocycles. The molecule has 0 unspecified atom stereocenters. The van der Waals surface area contributed by atoms with Crippen LogP contribution in [0.5, 0.6) is 0 Å². The Balaban J connectivity index is 1.82. The van der Waals surface area contributed by atoms with Crippen molar-refractivity contribution in [1.82, 2.24) is 15.6 Å². The van der Waals surface area contributed by atoms with Gasteiger partial charge in [-0.3, -0.25) is 9.78 Å². The summed E-state index contributed by atoms with van der Waals surface area (Å²) in [4.78, 5) is 15.8. The molecule has 86 valence electrons. The first-order valence-corrected chi connectivity index (χ1v) is 5.75. The molecule has 2 N–H and O–H groups in total. The summed E-state index contributed by atoms with van der Waals surface area (Å²) in [5.74, 6) is 0.0502. The van der Waals surface area contributed by atoms with Crippen molar-refractivity contribution in [2.75, 3.05) is 6.54 Å². The molecule has 5 heteroatoms. The van der Waals surface area contributed by atoms with Gasteiger partial charge in [-0.25, -0.2) is 0 Å². The Morgan fingerprint density at radius 3 is 3.12 bits per heavy atom. The standard InChI is InChI=1S/C11H14ClN3O/c12-8-3-4-9(14-6-8)7-15-11(16)10-2-1-5-13-10/h3-4,6,10,13H,1-2,5,7H2,(H,15,16)/t10-/m1/s1. The first-order valence-electron chi connectivity index (χ1n) is 5.37. The Kier molecular flexibility index (Phi) is 3.74. The average molecular weight is 240 g/mol. The van der Waals surface area contributed by atoms with Crippen molar-refractivity contribution in [2.24, 2.45) is 0 Å². The minimum atomic E-state index is -0.0349. The van der Waals surface area contributed by atoms with Gasteiger partial charge in [-0.2, -0.15) is 0 Å². The predicted molar refractivity (Wildman–Crippen MR) is 62.1 cm³/mol. The maximum absolute atomic E-state index is 11.7. The molecule has 0 bridgehead atoms. The van der Waals surface area contributed by atoms with Crippen LogP contribution in [0.3, 0.4) is 0 Å². The highest BCUT2D eigenvalue weighted by atomic mass is 35.5. The Morgan fingerprint density at radius 2 is 2.50 bits per heavy atom. The molecule has 16 heavy (non-hydrogen) atoms. The zero-order valence-electron chi connectivity index (χ0n) is 8.87. The van der Waals surface area contributed by atoms with Gasteiger partial charge >= 0.3 is 0 Å². The molecule has 0 aliphatic carbocycles. The molecule has 1 fully saturated rings. The van der Waals surface area contributed by atoms with E-state index in [0.717, 1.165) is 25.1 Å². The third-order valence-electron chi connectivity index (χ3n) is 2.61. The highest BCUT2D eigenvalue weighted by Gasteiger charge is 2.21. The molecular formula is C11H14ClN3O. The van der Waals surface area contributed by atoms with E-state index in [1.165, 1.54) is 0 Å². The third-order valence-corrected chi connectivity index (χ3v) is 2.83. The average Bonchev–Trinajstić information content (AvgIpc) is 2.81. The van der Waals surface area contributed by atoms with Gasteiger partial charge in [0.05, 0.1) is 23.3 Å². The second-order valence-electron chi connectivity index (χ2n) is 3.83. The van der Waals surface area contributed by atoms with Crippen LogP contribution in [0.4, 0.5) is 0 Å². The van der Waals surface area contributed by atoms with Crippen LogP contribution in [0.25, 0.3) is 0 Å². The fourth-order valence-electron chi connectivity index (χ4n) is 1.72. The number of aromatic nitrogens is 1. The number of hydrogen-bond donors (Lipinski definition) is 2. The third kappa shape index (κ3) is 2.93. The van der Waals surface area contributed by atoms with Crippen molar-refractivity contribution >= 4 is 17.5 Å². The van der Waals surface area contributed by atoms with E-state index in [1.807, 2.05) is 6.07 Å². The van der Waals surface area contributed by atoms with E-state index < -0.39 is 0 Å². The molecule has 0 saturated carbocycles. The smallest absolute Gasteiger partial charge is 0.237 e. The quantitative estimate of drug-likeness (QED) is 0.831. The number of nitrogens with zero attached hydrogens (tertiary/aromatic N) is 1. The molecule has 2 heterocycles. The van der Waals surface area contributed by atoms with Crippen LogP contribution in [0.15, 0.2) is 18.3 Å². The summed E-state index contributed by atoms with van der Waals surface area (Å²) >= 11 is 5.72. The summed E-state index contributed by atoms with van der Waals surface area (Å²) in [5.41, 5.74) is 0.816. The van der Waals surface area contributed by atoms with E-state index in [0.29, 0.717) is 11.6 Å². The summed E-state index contributed by atoms with van der Waals surface area (Å²) in [6, 6.07) is 3.54. The number of carbonyl (C=O) groups excluding carboxylic acids is 1. The van der Waals surface area contributed by atoms with Crippen LogP contribution in [-0.4, -0.2) is 23.5 Å². The Labute approximate surface area is 99.4 Å². The lowest BCUT2D eigenvalue weighted by atomic mass is 10.2. The fourth-order valence-corrected chi connectivity index (χ4v) is 1.83. The molecule has 1 atom stereocenters. The fraction of sp³-hybridized carbons (Fsp3) is 0.455. The highest BCUT2D eigenvalue weighted by molar-refractivity contribution is 6.30. The van der Waals surface area contributed by atoms with Gasteiger partial charge in [0.1, 0.15) is 0 Å².